The standard InChI is InChI=1S/C17H18N2O4/c1-23-11-15(20)18-14-9-5-8-13(10-14)16(17(21)19-22)12-6-3-2-4-7-12/h2-10,16,22H,11H2,1H3,(H,18,20)(H,19,21). The van der Waals surface area contributed by atoms with Crippen LogP contribution in [0.1, 0.15) is 17.0 Å². The fraction of sp³-hybridized carbons (Fsp3) is 0.176. The molecule has 3 N–H and O–H groups in total. The number of hydroxylamine groups is 1. The monoisotopic (exact) mass is 314 g/mol. The summed E-state index contributed by atoms with van der Waals surface area (Å²) in [5.74, 6) is -1.51. The van der Waals surface area contributed by atoms with Crippen LogP contribution in [0.15, 0.2) is 54.6 Å². The number of amides is 2. The SMILES string of the molecule is COCC(=O)Nc1cccc(C(C(=O)NO)c2ccccc2)c1. The Hall–Kier alpha value is -2.70. The lowest BCUT2D eigenvalue weighted by atomic mass is 9.90. The molecule has 0 heterocycles. The summed E-state index contributed by atoms with van der Waals surface area (Å²) in [6, 6.07) is 16.0. The molecular formula is C17H18N2O4. The zero-order valence-electron chi connectivity index (χ0n) is 12.7. The molecule has 1 atom stereocenters. The first-order valence-electron chi connectivity index (χ1n) is 7.03. The fourth-order valence-electron chi connectivity index (χ4n) is 2.33. The molecule has 0 spiro atoms. The number of nitrogens with one attached hydrogen (secondary N) is 2. The van der Waals surface area contributed by atoms with Gasteiger partial charge in [-0.1, -0.05) is 42.5 Å². The number of hydrogen-bond acceptors (Lipinski definition) is 4. The van der Waals surface area contributed by atoms with Gasteiger partial charge in [-0.05, 0) is 23.3 Å². The van der Waals surface area contributed by atoms with E-state index in [4.69, 9.17) is 9.94 Å². The average molecular weight is 314 g/mol. The Balaban J connectivity index is 2.32. The largest absolute Gasteiger partial charge is 0.375 e. The number of carbonyl (C=O) groups is 2. The van der Waals surface area contributed by atoms with E-state index >= 15 is 0 Å². The predicted octanol–water partition coefficient (Wildman–Crippen LogP) is 1.91. The molecule has 0 fully saturated rings. The third-order valence-electron chi connectivity index (χ3n) is 3.28. The van der Waals surface area contributed by atoms with Gasteiger partial charge in [0.1, 0.15) is 6.61 Å². The minimum atomic E-state index is -0.680. The highest BCUT2D eigenvalue weighted by Gasteiger charge is 2.22. The van der Waals surface area contributed by atoms with Crippen LogP contribution in [0.3, 0.4) is 0 Å². The summed E-state index contributed by atoms with van der Waals surface area (Å²) in [6.07, 6.45) is 0. The topological polar surface area (TPSA) is 87.7 Å². The molecule has 6 heteroatoms. The minimum absolute atomic E-state index is 0.0521. The van der Waals surface area contributed by atoms with Crippen molar-refractivity contribution in [3.05, 3.63) is 65.7 Å². The van der Waals surface area contributed by atoms with Crippen molar-refractivity contribution in [3.8, 4) is 0 Å². The van der Waals surface area contributed by atoms with Gasteiger partial charge in [-0.3, -0.25) is 14.8 Å². The number of methoxy groups -OCH3 is 1. The molecule has 2 aromatic rings. The third-order valence-corrected chi connectivity index (χ3v) is 3.28. The van der Waals surface area contributed by atoms with Gasteiger partial charge in [-0.15, -0.1) is 0 Å². The summed E-state index contributed by atoms with van der Waals surface area (Å²) < 4.78 is 4.77. The fourth-order valence-corrected chi connectivity index (χ4v) is 2.33. The Morgan fingerprint density at radius 2 is 1.78 bits per heavy atom. The van der Waals surface area contributed by atoms with Crippen LogP contribution in [0.5, 0.6) is 0 Å². The highest BCUT2D eigenvalue weighted by Crippen LogP contribution is 2.26. The Labute approximate surface area is 134 Å². The summed E-state index contributed by atoms with van der Waals surface area (Å²) >= 11 is 0. The molecule has 0 saturated carbocycles. The second-order valence-corrected chi connectivity index (χ2v) is 4.93. The molecular weight excluding hydrogens is 296 g/mol. The molecule has 1 unspecified atom stereocenters. The van der Waals surface area contributed by atoms with Gasteiger partial charge in [0.05, 0.1) is 5.92 Å². The second-order valence-electron chi connectivity index (χ2n) is 4.93. The van der Waals surface area contributed by atoms with Crippen molar-refractivity contribution in [2.75, 3.05) is 19.0 Å². The van der Waals surface area contributed by atoms with Gasteiger partial charge in [-0.2, -0.15) is 0 Å². The van der Waals surface area contributed by atoms with E-state index in [9.17, 15) is 9.59 Å². The van der Waals surface area contributed by atoms with Gasteiger partial charge < -0.3 is 10.1 Å². The summed E-state index contributed by atoms with van der Waals surface area (Å²) in [6.45, 7) is -0.0521. The molecule has 0 aliphatic heterocycles. The van der Waals surface area contributed by atoms with E-state index in [0.717, 1.165) is 5.56 Å². The maximum absolute atomic E-state index is 12.1. The van der Waals surface area contributed by atoms with E-state index in [1.807, 2.05) is 18.2 Å². The van der Waals surface area contributed by atoms with Crippen LogP contribution in [0.25, 0.3) is 0 Å². The van der Waals surface area contributed by atoms with Crippen molar-refractivity contribution in [1.82, 2.24) is 5.48 Å². The van der Waals surface area contributed by atoms with Crippen molar-refractivity contribution >= 4 is 17.5 Å². The molecule has 120 valence electrons. The Kier molecular flexibility index (Phi) is 5.85. The van der Waals surface area contributed by atoms with Gasteiger partial charge in [0.25, 0.3) is 5.91 Å². The number of carbonyl (C=O) groups excluding carboxylic acids is 2. The van der Waals surface area contributed by atoms with E-state index in [-0.39, 0.29) is 12.5 Å². The van der Waals surface area contributed by atoms with Crippen LogP contribution in [0.4, 0.5) is 5.69 Å². The van der Waals surface area contributed by atoms with E-state index in [1.54, 1.807) is 41.9 Å². The van der Waals surface area contributed by atoms with Gasteiger partial charge in [0.2, 0.25) is 5.91 Å². The molecule has 0 saturated heterocycles. The molecule has 0 aliphatic carbocycles. The first-order valence-corrected chi connectivity index (χ1v) is 7.03. The second kappa shape index (κ2) is 8.07. The summed E-state index contributed by atoms with van der Waals surface area (Å²) in [7, 11) is 1.44. The van der Waals surface area contributed by atoms with Gasteiger partial charge in [0.15, 0.2) is 0 Å². The lowest BCUT2D eigenvalue weighted by Crippen LogP contribution is -2.27. The number of ether oxygens (including phenoxy) is 1. The Morgan fingerprint density at radius 3 is 2.43 bits per heavy atom. The molecule has 2 rings (SSSR count). The molecule has 0 radical (unpaired) electrons. The molecule has 6 nitrogen and oxygen atoms in total. The lowest BCUT2D eigenvalue weighted by molar-refractivity contribution is -0.129. The maximum Gasteiger partial charge on any atom is 0.255 e. The summed E-state index contributed by atoms with van der Waals surface area (Å²) in [5.41, 5.74) is 3.63. The first-order chi connectivity index (χ1) is 11.2. The smallest absolute Gasteiger partial charge is 0.255 e. The summed E-state index contributed by atoms with van der Waals surface area (Å²) in [5, 5.41) is 11.7. The van der Waals surface area contributed by atoms with Crippen molar-refractivity contribution in [1.29, 1.82) is 0 Å². The summed E-state index contributed by atoms with van der Waals surface area (Å²) in [4.78, 5) is 23.7. The number of hydrogen-bond donors (Lipinski definition) is 3. The third kappa shape index (κ3) is 4.38. The number of rotatable bonds is 6. The molecule has 2 amide bonds. The molecule has 0 aromatic heterocycles. The van der Waals surface area contributed by atoms with E-state index < -0.39 is 11.8 Å². The van der Waals surface area contributed by atoms with Gasteiger partial charge in [0, 0.05) is 12.8 Å². The van der Waals surface area contributed by atoms with Crippen LogP contribution < -0.4 is 10.8 Å². The average Bonchev–Trinajstić information content (AvgIpc) is 2.56. The first kappa shape index (κ1) is 16.7. The molecule has 2 aromatic carbocycles. The minimum Gasteiger partial charge on any atom is -0.375 e. The normalized spacial score (nSPS) is 11.6. The van der Waals surface area contributed by atoms with Gasteiger partial charge >= 0.3 is 0 Å². The van der Waals surface area contributed by atoms with E-state index in [0.29, 0.717) is 11.3 Å². The molecule has 0 bridgehead atoms. The predicted molar refractivity (Wildman–Crippen MR) is 85.2 cm³/mol. The van der Waals surface area contributed by atoms with Crippen molar-refractivity contribution in [3.63, 3.8) is 0 Å². The van der Waals surface area contributed by atoms with E-state index in [2.05, 4.69) is 5.32 Å². The highest BCUT2D eigenvalue weighted by atomic mass is 16.5. The van der Waals surface area contributed by atoms with Gasteiger partial charge in [-0.25, -0.2) is 5.48 Å². The maximum atomic E-state index is 12.1. The Bertz CT molecular complexity index is 673. The number of benzene rings is 2. The van der Waals surface area contributed by atoms with Crippen LogP contribution in [-0.2, 0) is 14.3 Å². The Morgan fingerprint density at radius 1 is 1.09 bits per heavy atom. The quantitative estimate of drug-likeness (QED) is 0.561. The van der Waals surface area contributed by atoms with Crippen LogP contribution >= 0.6 is 0 Å². The molecule has 0 aliphatic rings. The van der Waals surface area contributed by atoms with Crippen LogP contribution in [-0.4, -0.2) is 30.7 Å². The molecule has 23 heavy (non-hydrogen) atoms. The lowest BCUT2D eigenvalue weighted by Gasteiger charge is -2.17. The van der Waals surface area contributed by atoms with Crippen molar-refractivity contribution < 1.29 is 19.5 Å². The van der Waals surface area contributed by atoms with Crippen LogP contribution in [0.2, 0.25) is 0 Å². The number of anilines is 1. The van der Waals surface area contributed by atoms with Crippen molar-refractivity contribution in [2.24, 2.45) is 0 Å². The zero-order valence-corrected chi connectivity index (χ0v) is 12.7. The van der Waals surface area contributed by atoms with E-state index in [1.165, 1.54) is 7.11 Å². The van der Waals surface area contributed by atoms with Crippen LogP contribution in [0, 0.1) is 0 Å². The van der Waals surface area contributed by atoms with Crippen molar-refractivity contribution in [2.45, 2.75) is 5.92 Å². The zero-order chi connectivity index (χ0) is 16.7. The highest BCUT2D eigenvalue weighted by molar-refractivity contribution is 5.92.